The van der Waals surface area contributed by atoms with Crippen molar-refractivity contribution in [2.45, 2.75) is 113 Å². The van der Waals surface area contributed by atoms with Gasteiger partial charge in [0.15, 0.2) is 0 Å². The molecule has 0 heterocycles. The van der Waals surface area contributed by atoms with Crippen molar-refractivity contribution in [3.8, 4) is 0 Å². The molecule has 0 saturated heterocycles. The molecule has 4 saturated carbocycles. The van der Waals surface area contributed by atoms with Gasteiger partial charge in [0.1, 0.15) is 0 Å². The Hall–Kier alpha value is -0.260. The van der Waals surface area contributed by atoms with Gasteiger partial charge in [-0.1, -0.05) is 73.5 Å². The third kappa shape index (κ3) is 3.43. The van der Waals surface area contributed by atoms with Crippen molar-refractivity contribution >= 4 is 0 Å². The third-order valence-corrected chi connectivity index (χ3v) is 10.6. The van der Waals surface area contributed by atoms with Crippen molar-refractivity contribution in [3.05, 3.63) is 12.2 Å². The van der Waals surface area contributed by atoms with Gasteiger partial charge in [-0.05, 0) is 104 Å². The van der Waals surface area contributed by atoms with Crippen molar-refractivity contribution in [3.63, 3.8) is 0 Å². The molecule has 0 aromatic heterocycles. The van der Waals surface area contributed by atoms with Crippen LogP contribution < -0.4 is 0 Å². The number of hydrogen-bond donors (Lipinski definition) is 0. The van der Waals surface area contributed by atoms with E-state index in [1.807, 2.05) is 0 Å². The smallest absolute Gasteiger partial charge is 0.00871 e. The predicted molar refractivity (Wildman–Crippen MR) is 124 cm³/mol. The lowest BCUT2D eigenvalue weighted by Crippen LogP contribution is -2.50. The molecule has 0 radical (unpaired) electrons. The van der Waals surface area contributed by atoms with Gasteiger partial charge >= 0.3 is 0 Å². The van der Waals surface area contributed by atoms with E-state index in [1.165, 1.54) is 64.2 Å². The maximum absolute atomic E-state index is 2.78. The summed E-state index contributed by atoms with van der Waals surface area (Å²) in [7, 11) is 0. The molecule has 0 aromatic carbocycles. The van der Waals surface area contributed by atoms with Gasteiger partial charge in [0.25, 0.3) is 0 Å². The molecule has 0 nitrogen and oxygen atoms in total. The molecule has 5 rings (SSSR count). The highest BCUT2D eigenvalue weighted by molar-refractivity contribution is 5.20. The molecule has 162 valence electrons. The van der Waals surface area contributed by atoms with Crippen molar-refractivity contribution < 1.29 is 0 Å². The molecule has 0 N–H and O–H groups in total. The van der Waals surface area contributed by atoms with Crippen LogP contribution in [0.15, 0.2) is 12.2 Å². The molecule has 5 aliphatic rings. The molecular weight excluding hydrogens is 336 g/mol. The number of allylic oxidation sites excluding steroid dienone is 2. The lowest BCUT2D eigenvalue weighted by molar-refractivity contribution is -0.0532. The Morgan fingerprint density at radius 1 is 0.929 bits per heavy atom. The Morgan fingerprint density at radius 3 is 2.46 bits per heavy atom. The second-order valence-electron chi connectivity index (χ2n) is 11.7. The highest BCUT2D eigenvalue weighted by atomic mass is 14.6. The molecule has 9 atom stereocenters. The van der Waals surface area contributed by atoms with Crippen LogP contribution in [-0.2, 0) is 0 Å². The Kier molecular flexibility index (Phi) is 6.50. The SMILES string of the molecule is C.C.CC1CC1CCCC1CCC2C3CCC4CCCCC4(C)C3C=CC12C. The van der Waals surface area contributed by atoms with Gasteiger partial charge < -0.3 is 0 Å². The van der Waals surface area contributed by atoms with E-state index in [9.17, 15) is 0 Å². The van der Waals surface area contributed by atoms with E-state index >= 15 is 0 Å². The number of hydrogen-bond acceptors (Lipinski definition) is 0. The summed E-state index contributed by atoms with van der Waals surface area (Å²) in [5, 5.41) is 0. The van der Waals surface area contributed by atoms with Crippen molar-refractivity contribution in [1.82, 2.24) is 0 Å². The van der Waals surface area contributed by atoms with Crippen LogP contribution in [-0.4, -0.2) is 0 Å². The summed E-state index contributed by atoms with van der Waals surface area (Å²) in [5.74, 6) is 7.07. The summed E-state index contributed by atoms with van der Waals surface area (Å²) >= 11 is 0. The Labute approximate surface area is 177 Å². The zero-order valence-electron chi connectivity index (χ0n) is 17.7. The summed E-state index contributed by atoms with van der Waals surface area (Å²) in [6, 6.07) is 0. The van der Waals surface area contributed by atoms with E-state index in [2.05, 4.69) is 32.9 Å². The van der Waals surface area contributed by atoms with Gasteiger partial charge in [-0.3, -0.25) is 0 Å². The van der Waals surface area contributed by atoms with E-state index in [0.717, 1.165) is 41.4 Å². The van der Waals surface area contributed by atoms with Gasteiger partial charge in [-0.2, -0.15) is 0 Å². The summed E-state index contributed by atoms with van der Waals surface area (Å²) in [6.45, 7) is 7.80. The van der Waals surface area contributed by atoms with Crippen molar-refractivity contribution in [1.29, 1.82) is 0 Å². The van der Waals surface area contributed by atoms with Crippen LogP contribution in [0.25, 0.3) is 0 Å². The average Bonchev–Trinajstić information content (AvgIpc) is 3.22. The second-order valence-corrected chi connectivity index (χ2v) is 11.7. The first kappa shape index (κ1) is 22.4. The van der Waals surface area contributed by atoms with E-state index in [0.29, 0.717) is 10.8 Å². The van der Waals surface area contributed by atoms with Gasteiger partial charge in [-0.15, -0.1) is 0 Å². The zero-order valence-corrected chi connectivity index (χ0v) is 17.7. The molecule has 0 aromatic rings. The summed E-state index contributed by atoms with van der Waals surface area (Å²) in [4.78, 5) is 0. The molecule has 0 heteroatoms. The van der Waals surface area contributed by atoms with Crippen LogP contribution in [0, 0.1) is 52.3 Å². The lowest BCUT2D eigenvalue weighted by Gasteiger charge is -2.58. The molecule has 0 spiro atoms. The van der Waals surface area contributed by atoms with Gasteiger partial charge in [0, 0.05) is 0 Å². The first-order valence-electron chi connectivity index (χ1n) is 12.2. The van der Waals surface area contributed by atoms with Crippen LogP contribution in [0.2, 0.25) is 0 Å². The Bertz CT molecular complexity index is 560. The van der Waals surface area contributed by atoms with E-state index in [4.69, 9.17) is 0 Å². The van der Waals surface area contributed by atoms with E-state index < -0.39 is 0 Å². The van der Waals surface area contributed by atoms with Gasteiger partial charge in [0.05, 0.1) is 0 Å². The molecule has 28 heavy (non-hydrogen) atoms. The maximum Gasteiger partial charge on any atom is -0.00871 e. The lowest BCUT2D eigenvalue weighted by atomic mass is 9.47. The zero-order chi connectivity index (χ0) is 17.9. The Balaban J connectivity index is 0.00000112. The first-order valence-corrected chi connectivity index (χ1v) is 12.2. The summed E-state index contributed by atoms with van der Waals surface area (Å²) < 4.78 is 0. The molecule has 9 unspecified atom stereocenters. The highest BCUT2D eigenvalue weighted by Gasteiger charge is 2.57. The largest absolute Gasteiger partial charge is 0.0840 e. The third-order valence-electron chi connectivity index (χ3n) is 10.6. The molecular formula is C28H50. The van der Waals surface area contributed by atoms with Crippen LogP contribution in [0.5, 0.6) is 0 Å². The average molecular weight is 387 g/mol. The Morgan fingerprint density at radius 2 is 1.71 bits per heavy atom. The second kappa shape index (κ2) is 8.11. The molecule has 0 aliphatic heterocycles. The number of rotatable bonds is 4. The minimum Gasteiger partial charge on any atom is -0.0840 e. The topological polar surface area (TPSA) is 0 Å². The minimum absolute atomic E-state index is 0. The summed E-state index contributed by atoms with van der Waals surface area (Å²) in [6.07, 6.45) is 23.8. The molecule has 4 fully saturated rings. The fraction of sp³-hybridized carbons (Fsp3) is 0.929. The van der Waals surface area contributed by atoms with Crippen molar-refractivity contribution in [2.24, 2.45) is 52.3 Å². The monoisotopic (exact) mass is 386 g/mol. The standard InChI is InChI=1S/C26H42.2CH4/c1-18-17-19(18)7-6-9-21-11-13-23-22-12-10-20-8-4-5-15-25(20,2)24(22)14-16-26(21,23)3;;/h14,16,18-24H,4-13,15,17H2,1-3H3;2*1H4. The van der Waals surface area contributed by atoms with Crippen LogP contribution in [0.1, 0.15) is 113 Å². The fourth-order valence-electron chi connectivity index (χ4n) is 8.65. The molecule has 0 bridgehead atoms. The van der Waals surface area contributed by atoms with Crippen LogP contribution in [0.4, 0.5) is 0 Å². The number of fused-ring (bicyclic) bond motifs is 5. The highest BCUT2D eigenvalue weighted by Crippen LogP contribution is 2.65. The van der Waals surface area contributed by atoms with Gasteiger partial charge in [-0.25, -0.2) is 0 Å². The molecule has 0 amide bonds. The van der Waals surface area contributed by atoms with E-state index in [-0.39, 0.29) is 14.9 Å². The van der Waals surface area contributed by atoms with Gasteiger partial charge in [0.2, 0.25) is 0 Å². The minimum atomic E-state index is 0. The van der Waals surface area contributed by atoms with E-state index in [1.54, 1.807) is 12.8 Å². The quantitative estimate of drug-likeness (QED) is 0.423. The van der Waals surface area contributed by atoms with Crippen molar-refractivity contribution in [2.75, 3.05) is 0 Å². The van der Waals surface area contributed by atoms with Crippen LogP contribution in [0.3, 0.4) is 0 Å². The maximum atomic E-state index is 2.78. The van der Waals surface area contributed by atoms with Crippen LogP contribution >= 0.6 is 0 Å². The summed E-state index contributed by atoms with van der Waals surface area (Å²) in [5.41, 5.74) is 1.17. The molecule has 5 aliphatic carbocycles. The predicted octanol–water partition coefficient (Wildman–Crippen LogP) is 8.91. The first-order chi connectivity index (χ1) is 12.5. The fourth-order valence-corrected chi connectivity index (χ4v) is 8.65. The normalized spacial score (nSPS) is 51.2.